The molecule has 0 bridgehead atoms. The van der Waals surface area contributed by atoms with E-state index in [1.54, 1.807) is 11.3 Å². The summed E-state index contributed by atoms with van der Waals surface area (Å²) in [5.74, 6) is -0.117. The number of carbonyl (C=O) groups is 1. The van der Waals surface area contributed by atoms with Crippen molar-refractivity contribution in [2.75, 3.05) is 6.54 Å². The van der Waals surface area contributed by atoms with E-state index >= 15 is 0 Å². The normalized spacial score (nSPS) is 11.1. The Hall–Kier alpha value is -2.06. The van der Waals surface area contributed by atoms with Crippen LogP contribution in [0, 0.1) is 20.8 Å². The molecule has 1 N–H and O–H groups in total. The van der Waals surface area contributed by atoms with Gasteiger partial charge in [-0.15, -0.1) is 22.7 Å². The number of rotatable bonds is 4. The summed E-state index contributed by atoms with van der Waals surface area (Å²) < 4.78 is 1.60. The fraction of sp³-hybridized carbons (Fsp3) is 0.333. The van der Waals surface area contributed by atoms with Crippen LogP contribution in [-0.2, 0) is 6.42 Å². The smallest absolute Gasteiger partial charge is 0.263 e. The van der Waals surface area contributed by atoms with Crippen LogP contribution in [0.4, 0.5) is 0 Å². The molecule has 0 aliphatic heterocycles. The molecule has 1 amide bonds. The van der Waals surface area contributed by atoms with Gasteiger partial charge >= 0.3 is 0 Å². The number of aryl methyl sites for hydroxylation is 3. The van der Waals surface area contributed by atoms with Gasteiger partial charge in [0.15, 0.2) is 4.96 Å². The fourth-order valence-corrected chi connectivity index (χ4v) is 4.19. The lowest BCUT2D eigenvalue weighted by Gasteiger charge is -2.04. The molecule has 3 heterocycles. The Morgan fingerprint density at radius 2 is 2.09 bits per heavy atom. The minimum atomic E-state index is -0.117. The van der Waals surface area contributed by atoms with Crippen molar-refractivity contribution in [3.05, 3.63) is 48.8 Å². The van der Waals surface area contributed by atoms with Crippen molar-refractivity contribution in [3.8, 4) is 0 Å². The molecule has 120 valence electrons. The second kappa shape index (κ2) is 6.21. The molecule has 0 aliphatic rings. The molecule has 0 aromatic carbocycles. The number of carbonyl (C=O) groups excluding carboxylic acids is 1. The van der Waals surface area contributed by atoms with E-state index in [-0.39, 0.29) is 11.5 Å². The van der Waals surface area contributed by atoms with Gasteiger partial charge < -0.3 is 5.32 Å². The van der Waals surface area contributed by atoms with Gasteiger partial charge in [-0.3, -0.25) is 14.0 Å². The van der Waals surface area contributed by atoms with Crippen molar-refractivity contribution >= 4 is 33.5 Å². The summed E-state index contributed by atoms with van der Waals surface area (Å²) in [4.78, 5) is 34.2. The lowest BCUT2D eigenvalue weighted by Crippen LogP contribution is -2.26. The summed E-state index contributed by atoms with van der Waals surface area (Å²) in [6, 6.07) is 1.52. The topological polar surface area (TPSA) is 76.4 Å². The summed E-state index contributed by atoms with van der Waals surface area (Å²) in [5, 5.41) is 5.68. The molecule has 23 heavy (non-hydrogen) atoms. The van der Waals surface area contributed by atoms with E-state index in [9.17, 15) is 9.59 Å². The predicted molar refractivity (Wildman–Crippen MR) is 91.7 cm³/mol. The van der Waals surface area contributed by atoms with E-state index in [4.69, 9.17) is 0 Å². The molecule has 3 aromatic heterocycles. The van der Waals surface area contributed by atoms with Gasteiger partial charge in [-0.2, -0.15) is 0 Å². The lowest BCUT2D eigenvalue weighted by molar-refractivity contribution is 0.0957. The van der Waals surface area contributed by atoms with Gasteiger partial charge in [0.1, 0.15) is 4.88 Å². The zero-order valence-electron chi connectivity index (χ0n) is 13.0. The summed E-state index contributed by atoms with van der Waals surface area (Å²) in [5.41, 5.74) is 2.25. The average Bonchev–Trinajstić information content (AvgIpc) is 3.02. The zero-order chi connectivity index (χ0) is 16.6. The zero-order valence-corrected chi connectivity index (χ0v) is 14.7. The minimum Gasteiger partial charge on any atom is -0.351 e. The van der Waals surface area contributed by atoms with Crippen molar-refractivity contribution in [2.45, 2.75) is 27.2 Å². The van der Waals surface area contributed by atoms with Crippen molar-refractivity contribution in [2.24, 2.45) is 0 Å². The molecular formula is C15H16N4O2S2. The molecule has 0 radical (unpaired) electrons. The minimum absolute atomic E-state index is 0.0796. The van der Waals surface area contributed by atoms with E-state index < -0.39 is 0 Å². The Balaban J connectivity index is 1.71. The Bertz CT molecular complexity index is 939. The number of nitrogens with zero attached hydrogens (tertiary/aromatic N) is 3. The number of thiazole rings is 2. The van der Waals surface area contributed by atoms with Gasteiger partial charge in [-0.25, -0.2) is 9.97 Å². The first-order chi connectivity index (χ1) is 11.0. The maximum absolute atomic E-state index is 12.2. The summed E-state index contributed by atoms with van der Waals surface area (Å²) in [6.45, 7) is 5.98. The van der Waals surface area contributed by atoms with E-state index in [1.807, 2.05) is 19.2 Å². The van der Waals surface area contributed by atoms with Crippen molar-refractivity contribution in [1.29, 1.82) is 0 Å². The van der Waals surface area contributed by atoms with Gasteiger partial charge in [0, 0.05) is 35.8 Å². The van der Waals surface area contributed by atoms with E-state index in [1.165, 1.54) is 28.7 Å². The maximum atomic E-state index is 12.2. The van der Waals surface area contributed by atoms with Crippen molar-refractivity contribution in [3.63, 3.8) is 0 Å². The summed E-state index contributed by atoms with van der Waals surface area (Å²) in [6.07, 6.45) is 0.577. The molecule has 0 spiro atoms. The third-order valence-electron chi connectivity index (χ3n) is 3.38. The Labute approximate surface area is 140 Å². The van der Waals surface area contributed by atoms with Gasteiger partial charge in [0.25, 0.3) is 11.5 Å². The van der Waals surface area contributed by atoms with Crippen LogP contribution < -0.4 is 10.9 Å². The van der Waals surface area contributed by atoms with Crippen LogP contribution in [0.1, 0.15) is 31.8 Å². The SMILES string of the molecule is Cc1cc(=O)n2c(CCNC(=O)c3sc(C)nc3C)csc2n1. The van der Waals surface area contributed by atoms with Gasteiger partial charge in [-0.1, -0.05) is 0 Å². The standard InChI is InChI=1S/C15H16N4O2S2/c1-8-6-12(20)19-11(7-22-15(19)17-8)4-5-16-14(21)13-9(2)18-10(3)23-13/h6-7H,4-5H2,1-3H3,(H,16,21). The second-order valence-corrected chi connectivity index (χ2v) is 7.27. The van der Waals surface area contributed by atoms with Gasteiger partial charge in [0.2, 0.25) is 0 Å². The largest absolute Gasteiger partial charge is 0.351 e. The number of hydrogen-bond donors (Lipinski definition) is 1. The molecular weight excluding hydrogens is 332 g/mol. The molecule has 0 saturated carbocycles. The average molecular weight is 348 g/mol. The first-order valence-electron chi connectivity index (χ1n) is 7.14. The predicted octanol–water partition coefficient (Wildman–Crippen LogP) is 2.11. The fourth-order valence-electron chi connectivity index (χ4n) is 2.38. The number of nitrogens with one attached hydrogen (secondary N) is 1. The third-order valence-corrected chi connectivity index (χ3v) is 5.33. The maximum Gasteiger partial charge on any atom is 0.263 e. The summed E-state index contributed by atoms with van der Waals surface area (Å²) >= 11 is 2.83. The molecule has 0 aliphatic carbocycles. The Morgan fingerprint density at radius 3 is 2.78 bits per heavy atom. The second-order valence-electron chi connectivity index (χ2n) is 5.23. The number of aromatic nitrogens is 3. The number of fused-ring (bicyclic) bond motifs is 1. The van der Waals surface area contributed by atoms with Crippen LogP contribution in [0.3, 0.4) is 0 Å². The van der Waals surface area contributed by atoms with Crippen LogP contribution in [0.5, 0.6) is 0 Å². The quantitative estimate of drug-likeness (QED) is 0.783. The molecule has 8 heteroatoms. The molecule has 0 unspecified atom stereocenters. The first kappa shape index (κ1) is 15.8. The molecule has 3 aromatic rings. The lowest BCUT2D eigenvalue weighted by atomic mass is 10.3. The highest BCUT2D eigenvalue weighted by Crippen LogP contribution is 2.17. The van der Waals surface area contributed by atoms with Crippen molar-refractivity contribution in [1.82, 2.24) is 19.7 Å². The Morgan fingerprint density at radius 1 is 1.30 bits per heavy atom. The van der Waals surface area contributed by atoms with Crippen LogP contribution in [0.25, 0.3) is 4.96 Å². The molecule has 6 nitrogen and oxygen atoms in total. The highest BCUT2D eigenvalue weighted by Gasteiger charge is 2.14. The number of hydrogen-bond acceptors (Lipinski definition) is 6. The summed E-state index contributed by atoms with van der Waals surface area (Å²) in [7, 11) is 0. The molecule has 0 atom stereocenters. The molecule has 0 fully saturated rings. The highest BCUT2D eigenvalue weighted by molar-refractivity contribution is 7.15. The van der Waals surface area contributed by atoms with Crippen molar-refractivity contribution < 1.29 is 4.79 Å². The highest BCUT2D eigenvalue weighted by atomic mass is 32.1. The Kier molecular flexibility index (Phi) is 4.27. The van der Waals surface area contributed by atoms with Crippen LogP contribution in [0.2, 0.25) is 0 Å². The van der Waals surface area contributed by atoms with E-state index in [2.05, 4.69) is 15.3 Å². The van der Waals surface area contributed by atoms with Crippen LogP contribution in [-0.4, -0.2) is 26.8 Å². The molecule has 3 rings (SSSR count). The van der Waals surface area contributed by atoms with E-state index in [0.29, 0.717) is 28.5 Å². The number of amides is 1. The van der Waals surface area contributed by atoms with Crippen LogP contribution in [0.15, 0.2) is 16.2 Å². The third kappa shape index (κ3) is 3.18. The van der Waals surface area contributed by atoms with Crippen LogP contribution >= 0.6 is 22.7 Å². The van der Waals surface area contributed by atoms with Gasteiger partial charge in [0.05, 0.1) is 10.7 Å². The molecule has 0 saturated heterocycles. The van der Waals surface area contributed by atoms with E-state index in [0.717, 1.165) is 16.4 Å². The van der Waals surface area contributed by atoms with Gasteiger partial charge in [-0.05, 0) is 20.8 Å². The first-order valence-corrected chi connectivity index (χ1v) is 8.84. The monoisotopic (exact) mass is 348 g/mol.